The largest absolute Gasteiger partial charge is 0.411 e. The van der Waals surface area contributed by atoms with Gasteiger partial charge < -0.3 is 9.73 Å². The van der Waals surface area contributed by atoms with Gasteiger partial charge in [0.25, 0.3) is 5.22 Å². The number of carbonyl (C=O) groups is 1. The summed E-state index contributed by atoms with van der Waals surface area (Å²) in [5.74, 6) is 0.299. The van der Waals surface area contributed by atoms with Crippen molar-refractivity contribution in [3.63, 3.8) is 0 Å². The summed E-state index contributed by atoms with van der Waals surface area (Å²) in [6.45, 7) is 9.56. The molecule has 0 saturated carbocycles. The van der Waals surface area contributed by atoms with E-state index in [0.29, 0.717) is 11.1 Å². The van der Waals surface area contributed by atoms with E-state index >= 15 is 0 Å². The Kier molecular flexibility index (Phi) is 5.85. The van der Waals surface area contributed by atoms with Crippen molar-refractivity contribution >= 4 is 17.7 Å². The van der Waals surface area contributed by atoms with Gasteiger partial charge in [0.15, 0.2) is 0 Å². The van der Waals surface area contributed by atoms with E-state index in [1.54, 1.807) is 6.92 Å². The number of carbonyl (C=O) groups excluding carboxylic acids is 1. The summed E-state index contributed by atoms with van der Waals surface area (Å²) in [7, 11) is 0. The number of hydrogen-bond acceptors (Lipinski definition) is 6. The third-order valence-electron chi connectivity index (χ3n) is 4.27. The predicted molar refractivity (Wildman–Crippen MR) is 96.9 cm³/mol. The molecule has 0 aliphatic rings. The van der Waals surface area contributed by atoms with Crippen molar-refractivity contribution in [2.45, 2.75) is 45.4 Å². The molecular weight excluding hydrogens is 336 g/mol. The molecule has 2 rings (SSSR count). The first kappa shape index (κ1) is 19.0. The van der Waals surface area contributed by atoms with Crippen molar-refractivity contribution in [1.82, 2.24) is 15.5 Å². The number of benzene rings is 1. The minimum atomic E-state index is -0.892. The number of aromatic nitrogens is 2. The van der Waals surface area contributed by atoms with Gasteiger partial charge in [0, 0.05) is 5.56 Å². The zero-order valence-corrected chi connectivity index (χ0v) is 15.9. The number of rotatable bonds is 6. The molecule has 0 aliphatic heterocycles. The third-order valence-corrected chi connectivity index (χ3v) is 5.09. The molecule has 132 valence electrons. The molecule has 1 amide bonds. The summed E-state index contributed by atoms with van der Waals surface area (Å²) in [6.07, 6.45) is 0. The first-order valence-electron chi connectivity index (χ1n) is 8.01. The summed E-state index contributed by atoms with van der Waals surface area (Å²) in [5, 5.41) is 20.3. The Labute approximate surface area is 152 Å². The maximum absolute atomic E-state index is 12.1. The lowest BCUT2D eigenvalue weighted by Gasteiger charge is -2.27. The lowest BCUT2D eigenvalue weighted by atomic mass is 9.90. The van der Waals surface area contributed by atoms with E-state index in [-0.39, 0.29) is 17.6 Å². The summed E-state index contributed by atoms with van der Waals surface area (Å²) < 4.78 is 5.61. The van der Waals surface area contributed by atoms with Crippen LogP contribution in [0.25, 0.3) is 11.5 Å². The van der Waals surface area contributed by atoms with E-state index in [4.69, 9.17) is 4.42 Å². The summed E-state index contributed by atoms with van der Waals surface area (Å²) >= 11 is 1.15. The molecule has 1 heterocycles. The SMILES string of the molecule is Cc1ccc(-c2nnc(SCC(=O)NC(C)(C#N)C(C)C)o2)cc1C. The number of aryl methyl sites for hydroxylation is 2. The van der Waals surface area contributed by atoms with Crippen LogP contribution in [-0.4, -0.2) is 27.4 Å². The van der Waals surface area contributed by atoms with Crippen LogP contribution in [0.2, 0.25) is 0 Å². The highest BCUT2D eigenvalue weighted by molar-refractivity contribution is 7.99. The number of nitriles is 1. The average molecular weight is 358 g/mol. The van der Waals surface area contributed by atoms with Gasteiger partial charge in [-0.15, -0.1) is 10.2 Å². The molecule has 1 unspecified atom stereocenters. The predicted octanol–water partition coefficient (Wildman–Crippen LogP) is 3.50. The Morgan fingerprint density at radius 1 is 1.36 bits per heavy atom. The number of hydrogen-bond donors (Lipinski definition) is 1. The third kappa shape index (κ3) is 4.60. The zero-order chi connectivity index (χ0) is 18.6. The van der Waals surface area contributed by atoms with Crippen LogP contribution in [0.3, 0.4) is 0 Å². The lowest BCUT2D eigenvalue weighted by molar-refractivity contribution is -0.120. The van der Waals surface area contributed by atoms with Gasteiger partial charge in [-0.2, -0.15) is 5.26 Å². The number of amides is 1. The molecule has 0 bridgehead atoms. The maximum atomic E-state index is 12.1. The van der Waals surface area contributed by atoms with Gasteiger partial charge in [-0.05, 0) is 49.9 Å². The molecule has 7 heteroatoms. The number of nitrogens with one attached hydrogen (secondary N) is 1. The molecule has 0 saturated heterocycles. The van der Waals surface area contributed by atoms with Crippen LogP contribution < -0.4 is 5.32 Å². The van der Waals surface area contributed by atoms with Gasteiger partial charge in [-0.1, -0.05) is 31.7 Å². The van der Waals surface area contributed by atoms with Gasteiger partial charge >= 0.3 is 0 Å². The van der Waals surface area contributed by atoms with Crippen LogP contribution in [0.15, 0.2) is 27.8 Å². The average Bonchev–Trinajstić information content (AvgIpc) is 3.04. The molecule has 0 spiro atoms. The standard InChI is InChI=1S/C18H22N4O2S/c1-11(2)18(5,10-19)20-15(23)9-25-17-22-21-16(24-17)14-7-6-12(3)13(4)8-14/h6-8,11H,9H2,1-5H3,(H,20,23). The van der Waals surface area contributed by atoms with Crippen molar-refractivity contribution in [2.24, 2.45) is 5.92 Å². The van der Waals surface area contributed by atoms with E-state index in [2.05, 4.69) is 21.6 Å². The Morgan fingerprint density at radius 2 is 2.08 bits per heavy atom. The maximum Gasteiger partial charge on any atom is 0.277 e. The molecule has 0 radical (unpaired) electrons. The highest BCUT2D eigenvalue weighted by Crippen LogP contribution is 2.25. The van der Waals surface area contributed by atoms with Gasteiger partial charge in [0.1, 0.15) is 5.54 Å². The van der Waals surface area contributed by atoms with Crippen molar-refractivity contribution in [1.29, 1.82) is 5.26 Å². The molecule has 0 aliphatic carbocycles. The van der Waals surface area contributed by atoms with Crippen molar-refractivity contribution in [3.05, 3.63) is 29.3 Å². The second-order valence-electron chi connectivity index (χ2n) is 6.48. The zero-order valence-electron chi connectivity index (χ0n) is 15.1. The summed E-state index contributed by atoms with van der Waals surface area (Å²) in [6, 6.07) is 8.07. The smallest absolute Gasteiger partial charge is 0.277 e. The van der Waals surface area contributed by atoms with Crippen molar-refractivity contribution in [3.8, 4) is 17.5 Å². The van der Waals surface area contributed by atoms with E-state index in [1.807, 2.05) is 45.9 Å². The molecular formula is C18H22N4O2S. The van der Waals surface area contributed by atoms with E-state index < -0.39 is 5.54 Å². The van der Waals surface area contributed by atoms with Crippen molar-refractivity contribution < 1.29 is 9.21 Å². The van der Waals surface area contributed by atoms with Gasteiger partial charge in [-0.3, -0.25) is 4.79 Å². The molecule has 25 heavy (non-hydrogen) atoms. The highest BCUT2D eigenvalue weighted by Gasteiger charge is 2.30. The van der Waals surface area contributed by atoms with Gasteiger partial charge in [0.05, 0.1) is 11.8 Å². The molecule has 2 aromatic rings. The minimum absolute atomic E-state index is 0.00577. The molecule has 6 nitrogen and oxygen atoms in total. The van der Waals surface area contributed by atoms with Crippen LogP contribution >= 0.6 is 11.8 Å². The fraction of sp³-hybridized carbons (Fsp3) is 0.444. The van der Waals surface area contributed by atoms with Crippen LogP contribution in [0.5, 0.6) is 0 Å². The van der Waals surface area contributed by atoms with E-state index in [9.17, 15) is 10.1 Å². The Hall–Kier alpha value is -2.33. The van der Waals surface area contributed by atoms with Gasteiger partial charge in [0.2, 0.25) is 11.8 Å². The molecule has 1 aromatic carbocycles. The monoisotopic (exact) mass is 358 g/mol. The summed E-state index contributed by atoms with van der Waals surface area (Å²) in [5.41, 5.74) is 2.30. The Bertz CT molecular complexity index is 810. The number of nitrogens with zero attached hydrogens (tertiary/aromatic N) is 3. The molecule has 1 atom stereocenters. The first-order valence-corrected chi connectivity index (χ1v) is 9.00. The highest BCUT2D eigenvalue weighted by atomic mass is 32.2. The first-order chi connectivity index (χ1) is 11.7. The van der Waals surface area contributed by atoms with E-state index in [1.165, 1.54) is 5.56 Å². The van der Waals surface area contributed by atoms with E-state index in [0.717, 1.165) is 22.9 Å². The normalized spacial score (nSPS) is 13.3. The minimum Gasteiger partial charge on any atom is -0.411 e. The summed E-state index contributed by atoms with van der Waals surface area (Å²) in [4.78, 5) is 12.1. The van der Waals surface area contributed by atoms with Crippen LogP contribution in [0.4, 0.5) is 0 Å². The molecule has 0 fully saturated rings. The van der Waals surface area contributed by atoms with Gasteiger partial charge in [-0.25, -0.2) is 0 Å². The quantitative estimate of drug-likeness (QED) is 0.795. The second-order valence-corrected chi connectivity index (χ2v) is 7.40. The molecule has 1 N–H and O–H groups in total. The lowest BCUT2D eigenvalue weighted by Crippen LogP contribution is -2.49. The van der Waals surface area contributed by atoms with Crippen LogP contribution in [-0.2, 0) is 4.79 Å². The van der Waals surface area contributed by atoms with Crippen LogP contribution in [0, 0.1) is 31.1 Å². The topological polar surface area (TPSA) is 91.8 Å². The van der Waals surface area contributed by atoms with Crippen LogP contribution in [0.1, 0.15) is 31.9 Å². The fourth-order valence-electron chi connectivity index (χ4n) is 2.01. The fourth-order valence-corrected chi connectivity index (χ4v) is 2.58. The Balaban J connectivity index is 1.99. The molecule has 1 aromatic heterocycles. The van der Waals surface area contributed by atoms with Crippen molar-refractivity contribution in [2.75, 3.05) is 5.75 Å². The Morgan fingerprint density at radius 3 is 2.68 bits per heavy atom. The number of thioether (sulfide) groups is 1. The second kappa shape index (κ2) is 7.70.